The molecule has 0 amide bonds. The van der Waals surface area contributed by atoms with E-state index in [1.807, 2.05) is 0 Å². The molecule has 0 unspecified atom stereocenters. The van der Waals surface area contributed by atoms with Crippen LogP contribution in [0.25, 0.3) is 0 Å². The molecule has 2 rings (SSSR count). The predicted octanol–water partition coefficient (Wildman–Crippen LogP) is 3.50. The lowest BCUT2D eigenvalue weighted by Gasteiger charge is -1.94. The van der Waals surface area contributed by atoms with Crippen LogP contribution in [0.1, 0.15) is 0 Å². The van der Waals surface area contributed by atoms with Crippen LogP contribution >= 0.6 is 23.2 Å². The van der Waals surface area contributed by atoms with Crippen molar-refractivity contribution >= 4 is 23.2 Å². The van der Waals surface area contributed by atoms with Gasteiger partial charge in [0, 0.05) is 12.1 Å². The first-order valence-electron chi connectivity index (χ1n) is 4.75. The minimum Gasteiger partial charge on any atom is -0.508 e. The lowest BCUT2D eigenvalue weighted by molar-refractivity contribution is 0.449. The molecule has 0 saturated heterocycles. The third-order valence-electron chi connectivity index (χ3n) is 1.86. The molecule has 96 valence electrons. The lowest BCUT2D eigenvalue weighted by Crippen LogP contribution is -1.66. The van der Waals surface area contributed by atoms with E-state index in [0.29, 0.717) is 0 Å². The van der Waals surface area contributed by atoms with Crippen molar-refractivity contribution in [2.24, 2.45) is 0 Å². The molecule has 4 N–H and O–H groups in total. The van der Waals surface area contributed by atoms with Crippen molar-refractivity contribution in [1.82, 2.24) is 0 Å². The molecule has 0 aromatic heterocycles. The molecular weight excluding hydrogens is 279 g/mol. The zero-order valence-electron chi connectivity index (χ0n) is 9.01. The minimum absolute atomic E-state index is 0.0110. The van der Waals surface area contributed by atoms with Gasteiger partial charge in [0.05, 0.1) is 10.0 Å². The van der Waals surface area contributed by atoms with Gasteiger partial charge < -0.3 is 20.4 Å². The van der Waals surface area contributed by atoms with Crippen molar-refractivity contribution in [3.63, 3.8) is 0 Å². The number of aromatic hydroxyl groups is 4. The molecular formula is C12H10Cl2O4. The molecule has 4 nitrogen and oxygen atoms in total. The summed E-state index contributed by atoms with van der Waals surface area (Å²) in [5, 5.41) is 35.5. The Hall–Kier alpha value is -1.78. The summed E-state index contributed by atoms with van der Waals surface area (Å²) in [5.74, 6) is -0.179. The summed E-state index contributed by atoms with van der Waals surface area (Å²) in [6, 6.07) is 8.02. The first-order chi connectivity index (χ1) is 8.40. The normalized spacial score (nSPS) is 9.44. The van der Waals surface area contributed by atoms with E-state index in [4.69, 9.17) is 43.6 Å². The Labute approximate surface area is 113 Å². The van der Waals surface area contributed by atoms with E-state index < -0.39 is 0 Å². The second kappa shape index (κ2) is 6.23. The molecule has 6 heteroatoms. The highest BCUT2D eigenvalue weighted by atomic mass is 35.5. The Morgan fingerprint density at radius 2 is 0.944 bits per heavy atom. The second-order valence-corrected chi connectivity index (χ2v) is 4.09. The van der Waals surface area contributed by atoms with Crippen LogP contribution in [0.5, 0.6) is 23.0 Å². The highest BCUT2D eigenvalue weighted by Crippen LogP contribution is 2.26. The average molecular weight is 289 g/mol. The summed E-state index contributed by atoms with van der Waals surface area (Å²) >= 11 is 10.8. The molecule has 2 aromatic carbocycles. The highest BCUT2D eigenvalue weighted by Gasteiger charge is 1.96. The zero-order valence-corrected chi connectivity index (χ0v) is 10.5. The Morgan fingerprint density at radius 3 is 1.17 bits per heavy atom. The van der Waals surface area contributed by atoms with E-state index >= 15 is 0 Å². The van der Waals surface area contributed by atoms with Crippen LogP contribution in [-0.2, 0) is 0 Å². The van der Waals surface area contributed by atoms with E-state index in [1.54, 1.807) is 0 Å². The Kier molecular flexibility index (Phi) is 4.95. The molecule has 0 aliphatic carbocycles. The van der Waals surface area contributed by atoms with Crippen molar-refractivity contribution in [1.29, 1.82) is 0 Å². The fraction of sp³-hybridized carbons (Fsp3) is 0. The Bertz CT molecular complexity index is 494. The topological polar surface area (TPSA) is 80.9 Å². The zero-order chi connectivity index (χ0) is 13.7. The number of benzene rings is 2. The van der Waals surface area contributed by atoms with Crippen LogP contribution in [-0.4, -0.2) is 20.4 Å². The number of halogens is 2. The minimum atomic E-state index is -0.100. The largest absolute Gasteiger partial charge is 0.508 e. The van der Waals surface area contributed by atoms with Gasteiger partial charge in [-0.1, -0.05) is 23.2 Å². The monoisotopic (exact) mass is 288 g/mol. The summed E-state index contributed by atoms with van der Waals surface area (Å²) in [6.07, 6.45) is 0. The fourth-order valence-corrected chi connectivity index (χ4v) is 1.24. The van der Waals surface area contributed by atoms with Gasteiger partial charge in [0.1, 0.15) is 23.0 Å². The summed E-state index contributed by atoms with van der Waals surface area (Å²) in [5.41, 5.74) is 0. The fourth-order valence-electron chi connectivity index (χ4n) is 1.00. The standard InChI is InChI=1S/2C6H5ClO2/c2*7-5-2-1-4(8)3-6(5)9/h2*1-3,8-9H. The van der Waals surface area contributed by atoms with Crippen molar-refractivity contribution in [2.75, 3.05) is 0 Å². The van der Waals surface area contributed by atoms with E-state index in [2.05, 4.69) is 0 Å². The molecule has 0 radical (unpaired) electrons. The van der Waals surface area contributed by atoms with Crippen LogP contribution in [0.3, 0.4) is 0 Å². The van der Waals surface area contributed by atoms with E-state index in [-0.39, 0.29) is 33.0 Å². The molecule has 2 aromatic rings. The summed E-state index contributed by atoms with van der Waals surface area (Å²) in [7, 11) is 0. The Morgan fingerprint density at radius 1 is 0.611 bits per heavy atom. The van der Waals surface area contributed by atoms with Gasteiger partial charge in [0.15, 0.2) is 0 Å². The molecule has 0 fully saturated rings. The van der Waals surface area contributed by atoms with E-state index in [1.165, 1.54) is 36.4 Å². The van der Waals surface area contributed by atoms with Crippen molar-refractivity contribution in [3.8, 4) is 23.0 Å². The third-order valence-corrected chi connectivity index (χ3v) is 2.50. The number of hydrogen-bond donors (Lipinski definition) is 4. The maximum Gasteiger partial charge on any atom is 0.137 e. The van der Waals surface area contributed by atoms with Gasteiger partial charge in [-0.2, -0.15) is 0 Å². The van der Waals surface area contributed by atoms with Crippen LogP contribution in [0.4, 0.5) is 0 Å². The first kappa shape index (κ1) is 14.3. The number of phenolic OH excluding ortho intramolecular Hbond substituents is 4. The number of rotatable bonds is 0. The van der Waals surface area contributed by atoms with Gasteiger partial charge in [0.2, 0.25) is 0 Å². The second-order valence-electron chi connectivity index (χ2n) is 3.27. The molecule has 0 heterocycles. The average Bonchev–Trinajstić information content (AvgIpc) is 2.30. The van der Waals surface area contributed by atoms with Crippen molar-refractivity contribution in [3.05, 3.63) is 46.4 Å². The SMILES string of the molecule is Oc1ccc(Cl)c(O)c1.Oc1ccc(Cl)c(O)c1. The third kappa shape index (κ3) is 4.24. The molecule has 0 saturated carbocycles. The van der Waals surface area contributed by atoms with Gasteiger partial charge in [-0.05, 0) is 24.3 Å². The first-order valence-corrected chi connectivity index (χ1v) is 5.50. The maximum atomic E-state index is 8.81. The smallest absolute Gasteiger partial charge is 0.137 e. The molecule has 0 aliphatic heterocycles. The van der Waals surface area contributed by atoms with Gasteiger partial charge in [-0.3, -0.25) is 0 Å². The van der Waals surface area contributed by atoms with E-state index in [0.717, 1.165) is 0 Å². The van der Waals surface area contributed by atoms with Crippen LogP contribution in [0, 0.1) is 0 Å². The highest BCUT2D eigenvalue weighted by molar-refractivity contribution is 6.32. The molecule has 0 bridgehead atoms. The molecule has 0 spiro atoms. The van der Waals surface area contributed by atoms with Gasteiger partial charge >= 0.3 is 0 Å². The quantitative estimate of drug-likeness (QED) is 0.598. The van der Waals surface area contributed by atoms with Crippen LogP contribution in [0.15, 0.2) is 36.4 Å². The van der Waals surface area contributed by atoms with Crippen molar-refractivity contribution in [2.45, 2.75) is 0 Å². The lowest BCUT2D eigenvalue weighted by atomic mass is 10.3. The van der Waals surface area contributed by atoms with E-state index in [9.17, 15) is 0 Å². The summed E-state index contributed by atoms with van der Waals surface area (Å²) < 4.78 is 0. The molecule has 0 atom stereocenters. The molecule has 18 heavy (non-hydrogen) atoms. The summed E-state index contributed by atoms with van der Waals surface area (Å²) in [4.78, 5) is 0. The Balaban J connectivity index is 0.000000180. The number of hydrogen-bond acceptors (Lipinski definition) is 4. The summed E-state index contributed by atoms with van der Waals surface area (Å²) in [6.45, 7) is 0. The van der Waals surface area contributed by atoms with Gasteiger partial charge in [-0.25, -0.2) is 0 Å². The van der Waals surface area contributed by atoms with Gasteiger partial charge in [0.25, 0.3) is 0 Å². The van der Waals surface area contributed by atoms with Crippen LogP contribution in [0.2, 0.25) is 10.0 Å². The van der Waals surface area contributed by atoms with Crippen molar-refractivity contribution < 1.29 is 20.4 Å². The maximum absolute atomic E-state index is 8.81. The number of phenols is 4. The predicted molar refractivity (Wildman–Crippen MR) is 69.6 cm³/mol. The molecule has 0 aliphatic rings. The van der Waals surface area contributed by atoms with Crippen LogP contribution < -0.4 is 0 Å². The van der Waals surface area contributed by atoms with Gasteiger partial charge in [-0.15, -0.1) is 0 Å².